The van der Waals surface area contributed by atoms with Crippen LogP contribution in [0.1, 0.15) is 12.5 Å². The smallest absolute Gasteiger partial charge is 0.251 e. The number of ether oxygens (including phenoxy) is 1. The predicted octanol–water partition coefficient (Wildman–Crippen LogP) is 2.27. The monoisotopic (exact) mass is 283 g/mol. The standard InChI is InChI=1S/C16H17N3O2/c1-3-18-11-15-14(17-18)8-9-16(20)19(15)10-12-4-6-13(21-2)7-5-12/h4-9,11H,3,10H2,1-2H3. The van der Waals surface area contributed by atoms with Gasteiger partial charge in [0.1, 0.15) is 11.3 Å². The number of nitrogens with zero attached hydrogens (tertiary/aromatic N) is 3. The van der Waals surface area contributed by atoms with Crippen molar-refractivity contribution in [1.82, 2.24) is 14.3 Å². The van der Waals surface area contributed by atoms with Crippen LogP contribution in [-0.2, 0) is 13.1 Å². The Kier molecular flexibility index (Phi) is 3.48. The van der Waals surface area contributed by atoms with E-state index in [1.165, 1.54) is 0 Å². The molecule has 0 unspecified atom stereocenters. The molecule has 0 amide bonds. The summed E-state index contributed by atoms with van der Waals surface area (Å²) in [7, 11) is 1.64. The molecule has 0 saturated carbocycles. The number of hydrogen-bond acceptors (Lipinski definition) is 3. The third kappa shape index (κ3) is 2.54. The summed E-state index contributed by atoms with van der Waals surface area (Å²) < 4.78 is 8.74. The topological polar surface area (TPSA) is 49.0 Å². The van der Waals surface area contributed by atoms with Gasteiger partial charge in [0.25, 0.3) is 5.56 Å². The van der Waals surface area contributed by atoms with Crippen LogP contribution in [0.5, 0.6) is 5.75 Å². The lowest BCUT2D eigenvalue weighted by Crippen LogP contribution is -2.19. The van der Waals surface area contributed by atoms with Crippen LogP contribution in [0.3, 0.4) is 0 Å². The molecule has 0 saturated heterocycles. The normalized spacial score (nSPS) is 11.0. The summed E-state index contributed by atoms with van der Waals surface area (Å²) in [5, 5.41) is 4.44. The Hall–Kier alpha value is -2.56. The van der Waals surface area contributed by atoms with Crippen LogP contribution in [0.25, 0.3) is 11.0 Å². The highest BCUT2D eigenvalue weighted by Gasteiger charge is 2.07. The van der Waals surface area contributed by atoms with Gasteiger partial charge in [-0.25, -0.2) is 0 Å². The molecule has 3 rings (SSSR count). The van der Waals surface area contributed by atoms with E-state index < -0.39 is 0 Å². The first-order valence-corrected chi connectivity index (χ1v) is 6.91. The van der Waals surface area contributed by atoms with Crippen LogP contribution >= 0.6 is 0 Å². The molecule has 108 valence electrons. The molecule has 1 aromatic carbocycles. The van der Waals surface area contributed by atoms with Crippen molar-refractivity contribution in [3.05, 3.63) is 58.5 Å². The molecule has 21 heavy (non-hydrogen) atoms. The van der Waals surface area contributed by atoms with Gasteiger partial charge in [-0.15, -0.1) is 0 Å². The quantitative estimate of drug-likeness (QED) is 0.738. The van der Waals surface area contributed by atoms with Crippen molar-refractivity contribution in [1.29, 1.82) is 0 Å². The molecule has 5 heteroatoms. The largest absolute Gasteiger partial charge is 0.497 e. The van der Waals surface area contributed by atoms with E-state index >= 15 is 0 Å². The van der Waals surface area contributed by atoms with E-state index in [1.807, 2.05) is 42.1 Å². The fourth-order valence-electron chi connectivity index (χ4n) is 2.35. The molecular weight excluding hydrogens is 266 g/mol. The summed E-state index contributed by atoms with van der Waals surface area (Å²) in [6, 6.07) is 11.1. The summed E-state index contributed by atoms with van der Waals surface area (Å²) in [5.41, 5.74) is 2.73. The Balaban J connectivity index is 2.03. The summed E-state index contributed by atoms with van der Waals surface area (Å²) in [5.74, 6) is 0.808. The fourth-order valence-corrected chi connectivity index (χ4v) is 2.35. The van der Waals surface area contributed by atoms with Crippen LogP contribution in [0, 0.1) is 0 Å². The zero-order valence-electron chi connectivity index (χ0n) is 12.1. The molecule has 0 bridgehead atoms. The first-order valence-electron chi connectivity index (χ1n) is 6.91. The lowest BCUT2D eigenvalue weighted by Gasteiger charge is -2.07. The van der Waals surface area contributed by atoms with Crippen molar-refractivity contribution in [3.63, 3.8) is 0 Å². The maximum absolute atomic E-state index is 12.2. The second-order valence-electron chi connectivity index (χ2n) is 4.86. The van der Waals surface area contributed by atoms with Crippen LogP contribution < -0.4 is 10.3 Å². The van der Waals surface area contributed by atoms with E-state index in [2.05, 4.69) is 5.10 Å². The molecule has 0 spiro atoms. The molecule has 0 aliphatic heterocycles. The maximum Gasteiger partial charge on any atom is 0.251 e. The number of hydrogen-bond donors (Lipinski definition) is 0. The highest BCUT2D eigenvalue weighted by molar-refractivity contribution is 5.73. The Bertz CT molecular complexity index is 816. The Labute approximate surface area is 122 Å². The third-order valence-corrected chi connectivity index (χ3v) is 3.53. The number of rotatable bonds is 4. The second-order valence-corrected chi connectivity index (χ2v) is 4.86. The average Bonchev–Trinajstić information content (AvgIpc) is 2.94. The molecule has 0 fully saturated rings. The number of aromatic nitrogens is 3. The lowest BCUT2D eigenvalue weighted by atomic mass is 10.2. The van der Waals surface area contributed by atoms with Crippen molar-refractivity contribution in [3.8, 4) is 5.75 Å². The number of fused-ring (bicyclic) bond motifs is 1. The van der Waals surface area contributed by atoms with Crippen LogP contribution in [0.2, 0.25) is 0 Å². The van der Waals surface area contributed by atoms with E-state index in [9.17, 15) is 4.79 Å². The van der Waals surface area contributed by atoms with E-state index in [0.717, 1.165) is 28.9 Å². The summed E-state index contributed by atoms with van der Waals surface area (Å²) in [4.78, 5) is 12.2. The number of pyridine rings is 1. The van der Waals surface area contributed by atoms with Gasteiger partial charge >= 0.3 is 0 Å². The summed E-state index contributed by atoms with van der Waals surface area (Å²) in [6.07, 6.45) is 1.92. The molecule has 0 aliphatic carbocycles. The van der Waals surface area contributed by atoms with Crippen molar-refractivity contribution in [2.45, 2.75) is 20.0 Å². The number of benzene rings is 1. The van der Waals surface area contributed by atoms with Gasteiger partial charge in [0.05, 0.1) is 19.2 Å². The Morgan fingerprint density at radius 3 is 2.57 bits per heavy atom. The molecular formula is C16H17N3O2. The molecule has 0 N–H and O–H groups in total. The van der Waals surface area contributed by atoms with Crippen molar-refractivity contribution < 1.29 is 4.74 Å². The van der Waals surface area contributed by atoms with Crippen LogP contribution in [-0.4, -0.2) is 21.5 Å². The highest BCUT2D eigenvalue weighted by atomic mass is 16.5. The lowest BCUT2D eigenvalue weighted by molar-refractivity contribution is 0.414. The van der Waals surface area contributed by atoms with Crippen molar-refractivity contribution in [2.75, 3.05) is 7.11 Å². The molecule has 0 radical (unpaired) electrons. The van der Waals surface area contributed by atoms with E-state index in [4.69, 9.17) is 4.74 Å². The Morgan fingerprint density at radius 1 is 1.14 bits per heavy atom. The van der Waals surface area contributed by atoms with Gasteiger partial charge < -0.3 is 9.30 Å². The first-order chi connectivity index (χ1) is 10.2. The maximum atomic E-state index is 12.2. The third-order valence-electron chi connectivity index (χ3n) is 3.53. The van der Waals surface area contributed by atoms with Crippen LogP contribution in [0.15, 0.2) is 47.4 Å². The summed E-state index contributed by atoms with van der Waals surface area (Å²) in [6.45, 7) is 3.33. The number of methoxy groups -OCH3 is 1. The SMILES string of the molecule is CCn1cc2c(ccc(=O)n2Cc2ccc(OC)cc2)n1. The predicted molar refractivity (Wildman–Crippen MR) is 81.8 cm³/mol. The van der Waals surface area contributed by atoms with Gasteiger partial charge in [-0.3, -0.25) is 9.48 Å². The highest BCUT2D eigenvalue weighted by Crippen LogP contribution is 2.15. The fraction of sp³-hybridized carbons (Fsp3) is 0.250. The van der Waals surface area contributed by atoms with Gasteiger partial charge in [0.2, 0.25) is 0 Å². The molecule has 3 aromatic rings. The van der Waals surface area contributed by atoms with Gasteiger partial charge in [0.15, 0.2) is 0 Å². The van der Waals surface area contributed by atoms with Crippen molar-refractivity contribution in [2.24, 2.45) is 0 Å². The second kappa shape index (κ2) is 5.44. The minimum atomic E-state index is -0.0195. The summed E-state index contributed by atoms with van der Waals surface area (Å²) >= 11 is 0. The molecule has 5 nitrogen and oxygen atoms in total. The zero-order valence-corrected chi connectivity index (χ0v) is 12.1. The Morgan fingerprint density at radius 2 is 1.90 bits per heavy atom. The van der Waals surface area contributed by atoms with Gasteiger partial charge in [-0.1, -0.05) is 12.1 Å². The van der Waals surface area contributed by atoms with E-state index in [-0.39, 0.29) is 5.56 Å². The average molecular weight is 283 g/mol. The van der Waals surface area contributed by atoms with Crippen LogP contribution in [0.4, 0.5) is 0 Å². The minimum Gasteiger partial charge on any atom is -0.497 e. The zero-order chi connectivity index (χ0) is 14.8. The van der Waals surface area contributed by atoms with E-state index in [0.29, 0.717) is 6.54 Å². The van der Waals surface area contributed by atoms with Crippen molar-refractivity contribution >= 4 is 11.0 Å². The number of aryl methyl sites for hydroxylation is 1. The van der Waals surface area contributed by atoms with E-state index in [1.54, 1.807) is 23.8 Å². The molecule has 0 aliphatic rings. The van der Waals surface area contributed by atoms with Gasteiger partial charge in [0, 0.05) is 18.8 Å². The van der Waals surface area contributed by atoms with Gasteiger partial charge in [-0.2, -0.15) is 5.10 Å². The van der Waals surface area contributed by atoms with Gasteiger partial charge in [-0.05, 0) is 30.7 Å². The first kappa shape index (κ1) is 13.4. The molecule has 2 heterocycles. The molecule has 0 atom stereocenters. The minimum absolute atomic E-state index is 0.0195. The molecule has 2 aromatic heterocycles.